The van der Waals surface area contributed by atoms with Crippen LogP contribution in [0.3, 0.4) is 0 Å². The maximum absolute atomic E-state index is 8.74. The molecule has 1 aromatic heterocycles. The zero-order chi connectivity index (χ0) is 14.4. The lowest BCUT2D eigenvalue weighted by Gasteiger charge is -2.12. The first kappa shape index (κ1) is 14.0. The van der Waals surface area contributed by atoms with Crippen molar-refractivity contribution < 1.29 is 4.74 Å². The third-order valence-electron chi connectivity index (χ3n) is 2.98. The van der Waals surface area contributed by atoms with Crippen LogP contribution in [0.1, 0.15) is 31.0 Å². The molecule has 4 heteroatoms. The molecule has 0 saturated heterocycles. The predicted octanol–water partition coefficient (Wildman–Crippen LogP) is 3.42. The molecule has 0 aliphatic rings. The minimum absolute atomic E-state index is 0.275. The molecule has 0 aliphatic carbocycles. The summed E-state index contributed by atoms with van der Waals surface area (Å²) in [7, 11) is 0. The molecule has 2 rings (SSSR count). The summed E-state index contributed by atoms with van der Waals surface area (Å²) in [5, 5.41) is 12.1. The van der Waals surface area contributed by atoms with Crippen molar-refractivity contribution >= 4 is 0 Å². The Bertz CT molecular complexity index is 585. The van der Waals surface area contributed by atoms with Gasteiger partial charge in [-0.05, 0) is 43.3 Å². The number of hydrogen-bond donors (Lipinski definition) is 1. The number of hydrogen-bond acceptors (Lipinski definition) is 4. The Hall–Kier alpha value is -2.38. The molecule has 2 aromatic rings. The highest BCUT2D eigenvalue weighted by molar-refractivity contribution is 5.36. The van der Waals surface area contributed by atoms with Gasteiger partial charge in [0.2, 0.25) is 5.88 Å². The lowest BCUT2D eigenvalue weighted by Crippen LogP contribution is -2.17. The first-order chi connectivity index (χ1) is 9.72. The quantitative estimate of drug-likeness (QED) is 0.901. The van der Waals surface area contributed by atoms with E-state index in [1.54, 1.807) is 24.3 Å². The second-order valence-electron chi connectivity index (χ2n) is 4.45. The van der Waals surface area contributed by atoms with Gasteiger partial charge in [-0.15, -0.1) is 0 Å². The summed E-state index contributed by atoms with van der Waals surface area (Å²) in [6.07, 6.45) is 1.81. The second kappa shape index (κ2) is 6.69. The van der Waals surface area contributed by atoms with Gasteiger partial charge in [0, 0.05) is 18.3 Å². The molecule has 1 unspecified atom stereocenters. The fraction of sp³-hybridized carbons (Fsp3) is 0.250. The van der Waals surface area contributed by atoms with Crippen LogP contribution in [0.5, 0.6) is 11.6 Å². The van der Waals surface area contributed by atoms with E-state index in [-0.39, 0.29) is 6.04 Å². The van der Waals surface area contributed by atoms with Gasteiger partial charge >= 0.3 is 0 Å². The Morgan fingerprint density at radius 1 is 1.25 bits per heavy atom. The monoisotopic (exact) mass is 267 g/mol. The van der Waals surface area contributed by atoms with Gasteiger partial charge in [0.25, 0.3) is 0 Å². The molecule has 0 radical (unpaired) electrons. The van der Waals surface area contributed by atoms with Crippen molar-refractivity contribution in [3.8, 4) is 17.7 Å². The number of aromatic nitrogens is 1. The van der Waals surface area contributed by atoms with E-state index in [0.717, 1.165) is 12.1 Å². The number of nitriles is 1. The number of nitrogens with zero attached hydrogens (tertiary/aromatic N) is 2. The van der Waals surface area contributed by atoms with Crippen molar-refractivity contribution in [1.82, 2.24) is 10.3 Å². The maximum Gasteiger partial charge on any atom is 0.219 e. The lowest BCUT2D eigenvalue weighted by molar-refractivity contribution is 0.461. The molecule has 102 valence electrons. The molecule has 0 aliphatic heterocycles. The summed E-state index contributed by atoms with van der Waals surface area (Å²) in [5.41, 5.74) is 1.74. The van der Waals surface area contributed by atoms with Gasteiger partial charge in [-0.25, -0.2) is 4.98 Å². The van der Waals surface area contributed by atoms with Crippen LogP contribution in [0, 0.1) is 11.3 Å². The summed E-state index contributed by atoms with van der Waals surface area (Å²) in [5.74, 6) is 1.21. The molecular weight excluding hydrogens is 250 g/mol. The van der Waals surface area contributed by atoms with E-state index in [9.17, 15) is 0 Å². The Balaban J connectivity index is 2.04. The molecule has 0 spiro atoms. The van der Waals surface area contributed by atoms with Crippen LogP contribution in [0.4, 0.5) is 0 Å². The maximum atomic E-state index is 8.74. The molecule has 0 saturated carbocycles. The van der Waals surface area contributed by atoms with E-state index >= 15 is 0 Å². The molecular formula is C16H17N3O. The Kier molecular flexibility index (Phi) is 4.70. The molecule has 4 nitrogen and oxygen atoms in total. The highest BCUT2D eigenvalue weighted by Crippen LogP contribution is 2.21. The minimum atomic E-state index is 0.275. The molecule has 1 N–H and O–H groups in total. The van der Waals surface area contributed by atoms with Gasteiger partial charge in [0.15, 0.2) is 0 Å². The summed E-state index contributed by atoms with van der Waals surface area (Å²) >= 11 is 0. The average Bonchev–Trinajstić information content (AvgIpc) is 2.49. The summed E-state index contributed by atoms with van der Waals surface area (Å²) in [4.78, 5) is 4.29. The van der Waals surface area contributed by atoms with E-state index in [0.29, 0.717) is 17.2 Å². The van der Waals surface area contributed by atoms with Crippen molar-refractivity contribution in [2.24, 2.45) is 0 Å². The van der Waals surface area contributed by atoms with Crippen LogP contribution in [-0.2, 0) is 0 Å². The van der Waals surface area contributed by atoms with Gasteiger partial charge in [-0.2, -0.15) is 5.26 Å². The number of ether oxygens (including phenoxy) is 1. The predicted molar refractivity (Wildman–Crippen MR) is 77.6 cm³/mol. The van der Waals surface area contributed by atoms with Crippen molar-refractivity contribution in [2.45, 2.75) is 19.9 Å². The van der Waals surface area contributed by atoms with Crippen LogP contribution in [0.15, 0.2) is 42.6 Å². The summed E-state index contributed by atoms with van der Waals surface area (Å²) in [6, 6.07) is 13.2. The molecule has 20 heavy (non-hydrogen) atoms. The lowest BCUT2D eigenvalue weighted by atomic mass is 10.1. The number of benzene rings is 1. The number of nitrogens with one attached hydrogen (secondary N) is 1. The average molecular weight is 267 g/mol. The van der Waals surface area contributed by atoms with Crippen LogP contribution in [0.2, 0.25) is 0 Å². The molecule has 0 fully saturated rings. The highest BCUT2D eigenvalue weighted by atomic mass is 16.5. The van der Waals surface area contributed by atoms with E-state index in [4.69, 9.17) is 10.00 Å². The third kappa shape index (κ3) is 3.56. The van der Waals surface area contributed by atoms with Gasteiger partial charge in [0.1, 0.15) is 5.75 Å². The molecule has 1 aromatic carbocycles. The van der Waals surface area contributed by atoms with Crippen molar-refractivity contribution in [3.63, 3.8) is 0 Å². The van der Waals surface area contributed by atoms with Gasteiger partial charge in [0.05, 0.1) is 11.6 Å². The van der Waals surface area contributed by atoms with Gasteiger partial charge < -0.3 is 10.1 Å². The standard InChI is InChI=1S/C16H17N3O/c1-3-18-12(2)14-6-9-16(19-11-14)20-15-7-4-13(10-17)5-8-15/h4-9,11-12,18H,3H2,1-2H3. The van der Waals surface area contributed by atoms with E-state index in [1.165, 1.54) is 0 Å². The van der Waals surface area contributed by atoms with Crippen LogP contribution in [-0.4, -0.2) is 11.5 Å². The zero-order valence-electron chi connectivity index (χ0n) is 11.6. The first-order valence-electron chi connectivity index (χ1n) is 6.60. The molecule has 1 heterocycles. The van der Waals surface area contributed by atoms with Crippen LogP contribution in [0.25, 0.3) is 0 Å². The minimum Gasteiger partial charge on any atom is -0.439 e. The third-order valence-corrected chi connectivity index (χ3v) is 2.98. The molecule has 0 bridgehead atoms. The fourth-order valence-corrected chi connectivity index (χ4v) is 1.85. The van der Waals surface area contributed by atoms with Crippen LogP contribution < -0.4 is 10.1 Å². The van der Waals surface area contributed by atoms with Gasteiger partial charge in [-0.3, -0.25) is 0 Å². The fourth-order valence-electron chi connectivity index (χ4n) is 1.85. The van der Waals surface area contributed by atoms with Crippen LogP contribution >= 0.6 is 0 Å². The number of rotatable bonds is 5. The normalized spacial score (nSPS) is 11.7. The smallest absolute Gasteiger partial charge is 0.219 e. The Morgan fingerprint density at radius 3 is 2.55 bits per heavy atom. The van der Waals surface area contributed by atoms with Gasteiger partial charge in [-0.1, -0.05) is 13.0 Å². The van der Waals surface area contributed by atoms with E-state index in [2.05, 4.69) is 30.2 Å². The Labute approximate surface area is 119 Å². The topological polar surface area (TPSA) is 57.9 Å². The van der Waals surface area contributed by atoms with Crippen molar-refractivity contribution in [3.05, 3.63) is 53.7 Å². The molecule has 0 amide bonds. The second-order valence-corrected chi connectivity index (χ2v) is 4.45. The van der Waals surface area contributed by atoms with E-state index in [1.807, 2.05) is 18.3 Å². The zero-order valence-corrected chi connectivity index (χ0v) is 11.6. The number of pyridine rings is 1. The summed E-state index contributed by atoms with van der Waals surface area (Å²) < 4.78 is 5.63. The molecule has 1 atom stereocenters. The summed E-state index contributed by atoms with van der Waals surface area (Å²) in [6.45, 7) is 5.10. The Morgan fingerprint density at radius 2 is 2.00 bits per heavy atom. The van der Waals surface area contributed by atoms with E-state index < -0.39 is 0 Å². The largest absolute Gasteiger partial charge is 0.439 e. The SMILES string of the molecule is CCNC(C)c1ccc(Oc2ccc(C#N)cc2)nc1. The first-order valence-corrected chi connectivity index (χ1v) is 6.60. The van der Waals surface area contributed by atoms with Crippen molar-refractivity contribution in [1.29, 1.82) is 5.26 Å². The highest BCUT2D eigenvalue weighted by Gasteiger charge is 2.05. The van der Waals surface area contributed by atoms with Crippen molar-refractivity contribution in [2.75, 3.05) is 6.54 Å².